The Morgan fingerprint density at radius 1 is 0.667 bits per heavy atom. The third-order valence-electron chi connectivity index (χ3n) is 5.48. The van der Waals surface area contributed by atoms with Gasteiger partial charge in [-0.25, -0.2) is 0 Å². The second kappa shape index (κ2) is 21.7. The fraction of sp³-hybridized carbons (Fsp3) is 0.958. The molecule has 0 aromatic carbocycles. The van der Waals surface area contributed by atoms with Crippen molar-refractivity contribution in [1.29, 1.82) is 0 Å². The molecule has 0 aliphatic carbocycles. The van der Waals surface area contributed by atoms with Gasteiger partial charge in [0.25, 0.3) is 0 Å². The van der Waals surface area contributed by atoms with Crippen LogP contribution in [-0.2, 0) is 9.53 Å². The van der Waals surface area contributed by atoms with Crippen LogP contribution < -0.4 is 0 Å². The first-order valence-electron chi connectivity index (χ1n) is 12.0. The average Bonchev–Trinajstić information content (AvgIpc) is 2.68. The quantitative estimate of drug-likeness (QED) is 0.168. The van der Waals surface area contributed by atoms with Crippen LogP contribution in [0.15, 0.2) is 0 Å². The van der Waals surface area contributed by atoms with Gasteiger partial charge in [0.1, 0.15) is 6.61 Å². The van der Waals surface area contributed by atoms with Crippen molar-refractivity contribution in [2.24, 2.45) is 5.92 Å². The molecule has 0 rings (SSSR count). The first-order valence-corrected chi connectivity index (χ1v) is 12.0. The predicted octanol–water partition coefficient (Wildman–Crippen LogP) is 7.20. The number of ether oxygens (including phenoxy) is 1. The Morgan fingerprint density at radius 3 is 1.41 bits per heavy atom. The lowest BCUT2D eigenvalue weighted by Gasteiger charge is -2.16. The lowest BCUT2D eigenvalue weighted by molar-refractivity contribution is -0.150. The molecule has 0 aromatic heterocycles. The van der Waals surface area contributed by atoms with Crippen LogP contribution in [0.3, 0.4) is 0 Å². The summed E-state index contributed by atoms with van der Waals surface area (Å²) in [5, 5.41) is 8.89. The highest BCUT2D eigenvalue weighted by Gasteiger charge is 2.19. The van der Waals surface area contributed by atoms with Crippen LogP contribution in [0.5, 0.6) is 0 Å². The lowest BCUT2D eigenvalue weighted by atomic mass is 9.94. The number of rotatable bonds is 21. The Morgan fingerprint density at radius 2 is 1.04 bits per heavy atom. The minimum absolute atomic E-state index is 0.0386. The zero-order valence-corrected chi connectivity index (χ0v) is 18.5. The molecule has 0 saturated carbocycles. The summed E-state index contributed by atoms with van der Waals surface area (Å²) in [5.74, 6) is -0.0494. The predicted molar refractivity (Wildman–Crippen MR) is 116 cm³/mol. The van der Waals surface area contributed by atoms with Gasteiger partial charge in [-0.05, 0) is 12.8 Å². The van der Waals surface area contributed by atoms with E-state index in [0.717, 1.165) is 25.7 Å². The van der Waals surface area contributed by atoms with E-state index in [-0.39, 0.29) is 25.1 Å². The van der Waals surface area contributed by atoms with Crippen LogP contribution >= 0.6 is 0 Å². The van der Waals surface area contributed by atoms with Gasteiger partial charge in [0.15, 0.2) is 0 Å². The van der Waals surface area contributed by atoms with Crippen molar-refractivity contribution in [1.82, 2.24) is 0 Å². The van der Waals surface area contributed by atoms with E-state index in [0.29, 0.717) is 0 Å². The highest BCUT2D eigenvalue weighted by atomic mass is 16.5. The normalized spacial score (nSPS) is 11.3. The van der Waals surface area contributed by atoms with E-state index in [1.54, 1.807) is 0 Å². The fourth-order valence-electron chi connectivity index (χ4n) is 3.69. The molecule has 27 heavy (non-hydrogen) atoms. The Hall–Kier alpha value is -0.570. The van der Waals surface area contributed by atoms with E-state index in [4.69, 9.17) is 9.84 Å². The molecule has 0 amide bonds. The Balaban J connectivity index is 3.85. The topological polar surface area (TPSA) is 46.5 Å². The van der Waals surface area contributed by atoms with Crippen molar-refractivity contribution >= 4 is 5.97 Å². The standard InChI is InChI=1S/C24H48O3/c1-3-5-7-9-11-13-15-17-19-23(24(26)27-22-21-25)20-18-16-14-12-10-8-6-4-2/h23,25H,3-22H2,1-2H3. The van der Waals surface area contributed by atoms with Gasteiger partial charge in [0.05, 0.1) is 12.5 Å². The molecule has 0 saturated heterocycles. The molecule has 0 unspecified atom stereocenters. The summed E-state index contributed by atoms with van der Waals surface area (Å²) in [6, 6.07) is 0. The SMILES string of the molecule is CCCCCCCCCCC(CCCCCCCCCC)C(=O)OCCO. The third-order valence-corrected chi connectivity index (χ3v) is 5.48. The second-order valence-electron chi connectivity index (χ2n) is 8.12. The lowest BCUT2D eigenvalue weighted by Crippen LogP contribution is -2.19. The summed E-state index contributed by atoms with van der Waals surface area (Å²) in [5.41, 5.74) is 0. The molecule has 0 aromatic rings. The smallest absolute Gasteiger partial charge is 0.309 e. The number of carbonyl (C=O) groups excluding carboxylic acids is 1. The van der Waals surface area contributed by atoms with Crippen LogP contribution in [0.2, 0.25) is 0 Å². The van der Waals surface area contributed by atoms with Gasteiger partial charge < -0.3 is 9.84 Å². The minimum Gasteiger partial charge on any atom is -0.463 e. The third kappa shape index (κ3) is 18.6. The molecule has 162 valence electrons. The average molecular weight is 385 g/mol. The van der Waals surface area contributed by atoms with E-state index in [1.807, 2.05) is 0 Å². The van der Waals surface area contributed by atoms with Crippen LogP contribution in [-0.4, -0.2) is 24.3 Å². The van der Waals surface area contributed by atoms with E-state index >= 15 is 0 Å². The highest BCUT2D eigenvalue weighted by molar-refractivity contribution is 5.72. The largest absolute Gasteiger partial charge is 0.463 e. The molecular formula is C24H48O3. The van der Waals surface area contributed by atoms with Gasteiger partial charge in [0.2, 0.25) is 0 Å². The number of aliphatic hydroxyl groups is 1. The maximum Gasteiger partial charge on any atom is 0.309 e. The van der Waals surface area contributed by atoms with Gasteiger partial charge in [-0.2, -0.15) is 0 Å². The number of unbranched alkanes of at least 4 members (excludes halogenated alkanes) is 14. The first kappa shape index (κ1) is 26.4. The van der Waals surface area contributed by atoms with E-state index in [2.05, 4.69) is 13.8 Å². The van der Waals surface area contributed by atoms with Gasteiger partial charge in [-0.1, -0.05) is 117 Å². The number of carbonyl (C=O) groups is 1. The molecule has 1 N–H and O–H groups in total. The molecule has 3 nitrogen and oxygen atoms in total. The monoisotopic (exact) mass is 384 g/mol. The van der Waals surface area contributed by atoms with Gasteiger partial charge in [-0.3, -0.25) is 4.79 Å². The van der Waals surface area contributed by atoms with Crippen molar-refractivity contribution in [2.45, 2.75) is 129 Å². The zero-order valence-electron chi connectivity index (χ0n) is 18.5. The van der Waals surface area contributed by atoms with E-state index in [1.165, 1.54) is 89.9 Å². The molecule has 0 fully saturated rings. The number of esters is 1. The van der Waals surface area contributed by atoms with Crippen LogP contribution in [0.25, 0.3) is 0 Å². The first-order chi connectivity index (χ1) is 13.3. The Kier molecular flexibility index (Phi) is 21.3. The molecule has 3 heteroatoms. The molecule has 0 spiro atoms. The maximum absolute atomic E-state index is 12.2. The van der Waals surface area contributed by atoms with Crippen molar-refractivity contribution in [2.75, 3.05) is 13.2 Å². The summed E-state index contributed by atoms with van der Waals surface area (Å²) in [6.45, 7) is 4.57. The molecule has 0 heterocycles. The van der Waals surface area contributed by atoms with Crippen molar-refractivity contribution in [3.63, 3.8) is 0 Å². The van der Waals surface area contributed by atoms with Crippen LogP contribution in [0.1, 0.15) is 129 Å². The fourth-order valence-corrected chi connectivity index (χ4v) is 3.69. The summed E-state index contributed by atoms with van der Waals surface area (Å²) in [7, 11) is 0. The number of aliphatic hydroxyl groups excluding tert-OH is 1. The second-order valence-corrected chi connectivity index (χ2v) is 8.12. The summed E-state index contributed by atoms with van der Waals surface area (Å²) < 4.78 is 5.21. The summed E-state index contributed by atoms with van der Waals surface area (Å²) in [4.78, 5) is 12.2. The molecule has 0 atom stereocenters. The van der Waals surface area contributed by atoms with Crippen molar-refractivity contribution in [3.8, 4) is 0 Å². The zero-order chi connectivity index (χ0) is 20.0. The molecule has 0 aliphatic rings. The minimum atomic E-state index is -0.0880. The Bertz CT molecular complexity index is 284. The van der Waals surface area contributed by atoms with Crippen LogP contribution in [0.4, 0.5) is 0 Å². The van der Waals surface area contributed by atoms with E-state index < -0.39 is 0 Å². The molecular weight excluding hydrogens is 336 g/mol. The molecule has 0 radical (unpaired) electrons. The van der Waals surface area contributed by atoms with Crippen LogP contribution in [0, 0.1) is 5.92 Å². The summed E-state index contributed by atoms with van der Waals surface area (Å²) >= 11 is 0. The molecule has 0 aliphatic heterocycles. The van der Waals surface area contributed by atoms with E-state index in [9.17, 15) is 4.79 Å². The van der Waals surface area contributed by atoms with Crippen molar-refractivity contribution < 1.29 is 14.6 Å². The number of hydrogen-bond donors (Lipinski definition) is 1. The Labute approximate surface area is 169 Å². The maximum atomic E-state index is 12.2. The molecule has 0 bridgehead atoms. The number of hydrogen-bond acceptors (Lipinski definition) is 3. The van der Waals surface area contributed by atoms with Gasteiger partial charge >= 0.3 is 5.97 Å². The van der Waals surface area contributed by atoms with Gasteiger partial charge in [-0.15, -0.1) is 0 Å². The van der Waals surface area contributed by atoms with Crippen molar-refractivity contribution in [3.05, 3.63) is 0 Å². The highest BCUT2D eigenvalue weighted by Crippen LogP contribution is 2.21. The van der Waals surface area contributed by atoms with Gasteiger partial charge in [0, 0.05) is 0 Å². The summed E-state index contributed by atoms with van der Waals surface area (Å²) in [6.07, 6.45) is 22.6.